The molecule has 0 aliphatic heterocycles. The molecular formula is C14H15ClN2O. The van der Waals surface area contributed by atoms with Crippen LogP contribution in [0.1, 0.15) is 11.3 Å². The Morgan fingerprint density at radius 3 is 2.89 bits per heavy atom. The van der Waals surface area contributed by atoms with Crippen LogP contribution in [-0.2, 0) is 13.2 Å². The second kappa shape index (κ2) is 6.38. The third-order valence-corrected chi connectivity index (χ3v) is 2.73. The van der Waals surface area contributed by atoms with E-state index in [9.17, 15) is 0 Å². The van der Waals surface area contributed by atoms with E-state index in [1.807, 2.05) is 43.4 Å². The number of aromatic nitrogens is 1. The van der Waals surface area contributed by atoms with Gasteiger partial charge in [-0.05, 0) is 37.4 Å². The van der Waals surface area contributed by atoms with E-state index in [1.165, 1.54) is 0 Å². The number of pyridine rings is 1. The Balaban J connectivity index is 2.09. The Morgan fingerprint density at radius 1 is 1.28 bits per heavy atom. The third-order valence-electron chi connectivity index (χ3n) is 2.49. The highest BCUT2D eigenvalue weighted by Gasteiger charge is 2.04. The van der Waals surface area contributed by atoms with Crippen LogP contribution in [-0.4, -0.2) is 12.0 Å². The minimum atomic E-state index is 0.458. The minimum absolute atomic E-state index is 0.458. The Morgan fingerprint density at radius 2 is 2.17 bits per heavy atom. The van der Waals surface area contributed by atoms with Crippen molar-refractivity contribution in [2.75, 3.05) is 7.05 Å². The summed E-state index contributed by atoms with van der Waals surface area (Å²) in [6, 6.07) is 11.4. The largest absolute Gasteiger partial charge is 0.487 e. The van der Waals surface area contributed by atoms with E-state index in [0.717, 1.165) is 23.6 Å². The highest BCUT2D eigenvalue weighted by Crippen LogP contribution is 2.23. The number of rotatable bonds is 5. The number of nitrogens with zero attached hydrogens (tertiary/aromatic N) is 1. The van der Waals surface area contributed by atoms with E-state index in [2.05, 4.69) is 10.3 Å². The highest BCUT2D eigenvalue weighted by atomic mass is 35.5. The van der Waals surface area contributed by atoms with Crippen molar-refractivity contribution in [1.82, 2.24) is 10.3 Å². The summed E-state index contributed by atoms with van der Waals surface area (Å²) >= 11 is 5.97. The van der Waals surface area contributed by atoms with E-state index in [0.29, 0.717) is 11.6 Å². The summed E-state index contributed by atoms with van der Waals surface area (Å²) in [6.07, 6.45) is 1.76. The third kappa shape index (κ3) is 3.45. The molecule has 0 aliphatic carbocycles. The van der Waals surface area contributed by atoms with Crippen LogP contribution in [0, 0.1) is 0 Å². The van der Waals surface area contributed by atoms with E-state index >= 15 is 0 Å². The van der Waals surface area contributed by atoms with Crippen LogP contribution in [0.25, 0.3) is 0 Å². The summed E-state index contributed by atoms with van der Waals surface area (Å²) in [5.74, 6) is 0.833. The topological polar surface area (TPSA) is 34.1 Å². The molecule has 0 radical (unpaired) electrons. The van der Waals surface area contributed by atoms with Gasteiger partial charge in [-0.15, -0.1) is 0 Å². The zero-order valence-electron chi connectivity index (χ0n) is 10.2. The maximum atomic E-state index is 5.97. The van der Waals surface area contributed by atoms with Gasteiger partial charge in [-0.25, -0.2) is 0 Å². The van der Waals surface area contributed by atoms with Gasteiger partial charge >= 0.3 is 0 Å². The molecule has 0 saturated heterocycles. The molecule has 2 rings (SSSR count). The van der Waals surface area contributed by atoms with Gasteiger partial charge in [0.25, 0.3) is 0 Å². The summed E-state index contributed by atoms with van der Waals surface area (Å²) in [6.45, 7) is 1.18. The van der Waals surface area contributed by atoms with Crippen LogP contribution in [0.4, 0.5) is 0 Å². The van der Waals surface area contributed by atoms with Crippen LogP contribution in [0.3, 0.4) is 0 Å². The molecule has 1 aromatic carbocycles. The molecule has 0 spiro atoms. The predicted octanol–water partition coefficient (Wildman–Crippen LogP) is 3.03. The smallest absolute Gasteiger partial charge is 0.130 e. The highest BCUT2D eigenvalue weighted by molar-refractivity contribution is 6.30. The molecule has 18 heavy (non-hydrogen) atoms. The molecular weight excluding hydrogens is 248 g/mol. The van der Waals surface area contributed by atoms with Crippen molar-refractivity contribution in [2.45, 2.75) is 13.2 Å². The minimum Gasteiger partial charge on any atom is -0.487 e. The second-order valence-corrected chi connectivity index (χ2v) is 4.33. The molecule has 0 amide bonds. The summed E-state index contributed by atoms with van der Waals surface area (Å²) in [7, 11) is 1.89. The van der Waals surface area contributed by atoms with Crippen LogP contribution in [0.15, 0.2) is 42.6 Å². The van der Waals surface area contributed by atoms with Crippen LogP contribution in [0.2, 0.25) is 5.02 Å². The van der Waals surface area contributed by atoms with Gasteiger partial charge in [-0.3, -0.25) is 4.98 Å². The summed E-state index contributed by atoms with van der Waals surface area (Å²) in [5, 5.41) is 3.81. The average Bonchev–Trinajstić information content (AvgIpc) is 2.39. The van der Waals surface area contributed by atoms with E-state index < -0.39 is 0 Å². The van der Waals surface area contributed by atoms with Gasteiger partial charge in [0.15, 0.2) is 0 Å². The quantitative estimate of drug-likeness (QED) is 0.899. The number of hydrogen-bond donors (Lipinski definition) is 1. The molecule has 0 aliphatic rings. The fourth-order valence-electron chi connectivity index (χ4n) is 1.65. The molecule has 1 aromatic heterocycles. The number of hydrogen-bond acceptors (Lipinski definition) is 3. The summed E-state index contributed by atoms with van der Waals surface area (Å²) in [5.41, 5.74) is 1.95. The summed E-state index contributed by atoms with van der Waals surface area (Å²) < 4.78 is 5.77. The number of benzene rings is 1. The number of halogens is 1. The lowest BCUT2D eigenvalue weighted by molar-refractivity contribution is 0.297. The maximum Gasteiger partial charge on any atom is 0.130 e. The fourth-order valence-corrected chi connectivity index (χ4v) is 1.85. The molecule has 1 N–H and O–H groups in total. The van der Waals surface area contributed by atoms with E-state index in [4.69, 9.17) is 16.3 Å². The second-order valence-electron chi connectivity index (χ2n) is 3.89. The Hall–Kier alpha value is -1.58. The standard InChI is InChI=1S/C14H15ClN2O/c1-16-9-11-8-12(15)5-6-14(11)18-10-13-4-2-3-7-17-13/h2-8,16H,9-10H2,1H3. The van der Waals surface area contributed by atoms with Gasteiger partial charge in [0.05, 0.1) is 5.69 Å². The van der Waals surface area contributed by atoms with E-state index in [1.54, 1.807) is 6.20 Å². The molecule has 0 bridgehead atoms. The maximum absolute atomic E-state index is 5.97. The van der Waals surface area contributed by atoms with Crippen molar-refractivity contribution in [1.29, 1.82) is 0 Å². The van der Waals surface area contributed by atoms with Crippen molar-refractivity contribution in [3.05, 3.63) is 58.9 Å². The lowest BCUT2D eigenvalue weighted by Crippen LogP contribution is -2.08. The van der Waals surface area contributed by atoms with Crippen LogP contribution < -0.4 is 10.1 Å². The van der Waals surface area contributed by atoms with Crippen molar-refractivity contribution >= 4 is 11.6 Å². The van der Waals surface area contributed by atoms with Gasteiger partial charge in [0.2, 0.25) is 0 Å². The first-order valence-corrected chi connectivity index (χ1v) is 6.13. The Bertz CT molecular complexity index is 502. The van der Waals surface area contributed by atoms with Crippen molar-refractivity contribution < 1.29 is 4.74 Å². The molecule has 0 unspecified atom stereocenters. The number of ether oxygens (including phenoxy) is 1. The molecule has 2 aromatic rings. The van der Waals surface area contributed by atoms with E-state index in [-0.39, 0.29) is 0 Å². The molecule has 4 heteroatoms. The number of nitrogens with one attached hydrogen (secondary N) is 1. The lowest BCUT2D eigenvalue weighted by atomic mass is 10.2. The monoisotopic (exact) mass is 262 g/mol. The molecule has 0 atom stereocenters. The SMILES string of the molecule is CNCc1cc(Cl)ccc1OCc1ccccn1. The van der Waals surface area contributed by atoms with Gasteiger partial charge in [0.1, 0.15) is 12.4 Å². The molecule has 0 saturated carbocycles. The first kappa shape index (κ1) is 12.9. The van der Waals surface area contributed by atoms with Gasteiger partial charge in [-0.2, -0.15) is 0 Å². The molecule has 0 fully saturated rings. The van der Waals surface area contributed by atoms with Crippen molar-refractivity contribution in [3.63, 3.8) is 0 Å². The molecule has 3 nitrogen and oxygen atoms in total. The van der Waals surface area contributed by atoms with Gasteiger partial charge in [0, 0.05) is 23.3 Å². The molecule has 94 valence electrons. The predicted molar refractivity (Wildman–Crippen MR) is 72.8 cm³/mol. The van der Waals surface area contributed by atoms with Crippen molar-refractivity contribution in [2.24, 2.45) is 0 Å². The Kier molecular flexibility index (Phi) is 4.56. The lowest BCUT2D eigenvalue weighted by Gasteiger charge is -2.11. The zero-order valence-corrected chi connectivity index (χ0v) is 10.9. The van der Waals surface area contributed by atoms with Crippen molar-refractivity contribution in [3.8, 4) is 5.75 Å². The van der Waals surface area contributed by atoms with Crippen LogP contribution >= 0.6 is 11.6 Å². The Labute approximate surface area is 112 Å². The first-order chi connectivity index (χ1) is 8.79. The van der Waals surface area contributed by atoms with Crippen LogP contribution in [0.5, 0.6) is 5.75 Å². The van der Waals surface area contributed by atoms with Gasteiger partial charge < -0.3 is 10.1 Å². The fraction of sp³-hybridized carbons (Fsp3) is 0.214. The molecule has 1 heterocycles. The first-order valence-electron chi connectivity index (χ1n) is 5.75. The average molecular weight is 263 g/mol. The summed E-state index contributed by atoms with van der Waals surface area (Å²) in [4.78, 5) is 4.22. The zero-order chi connectivity index (χ0) is 12.8. The van der Waals surface area contributed by atoms with Gasteiger partial charge in [-0.1, -0.05) is 17.7 Å². The normalized spacial score (nSPS) is 10.3.